The fourth-order valence-electron chi connectivity index (χ4n) is 1.62. The first-order valence-corrected chi connectivity index (χ1v) is 5.72. The molecule has 19 heavy (non-hydrogen) atoms. The van der Waals surface area contributed by atoms with Crippen LogP contribution in [-0.4, -0.2) is 23.1 Å². The van der Waals surface area contributed by atoms with E-state index in [1.807, 2.05) is 13.0 Å². The lowest BCUT2D eigenvalue weighted by Gasteiger charge is -2.09. The molecule has 0 bridgehead atoms. The van der Waals surface area contributed by atoms with Gasteiger partial charge in [0.05, 0.1) is 12.7 Å². The summed E-state index contributed by atoms with van der Waals surface area (Å²) >= 11 is 0. The number of aromatic nitrogens is 1. The van der Waals surface area contributed by atoms with Gasteiger partial charge in [0.15, 0.2) is 0 Å². The molecule has 1 amide bonds. The van der Waals surface area contributed by atoms with Crippen LogP contribution < -0.4 is 10.1 Å². The zero-order valence-electron chi connectivity index (χ0n) is 10.7. The summed E-state index contributed by atoms with van der Waals surface area (Å²) in [5.41, 5.74) is 1.02. The Morgan fingerprint density at radius 1 is 1.37 bits per heavy atom. The second-order valence-corrected chi connectivity index (χ2v) is 4.01. The number of rotatable bonds is 3. The van der Waals surface area contributed by atoms with Crippen molar-refractivity contribution in [1.29, 1.82) is 0 Å². The number of hydrogen-bond donors (Lipinski definition) is 2. The first-order chi connectivity index (χ1) is 9.11. The number of nitrogens with one attached hydrogen (secondary N) is 1. The van der Waals surface area contributed by atoms with Crippen LogP contribution in [0.3, 0.4) is 0 Å². The maximum atomic E-state index is 12.0. The predicted octanol–water partition coefficient (Wildman–Crippen LogP) is 2.36. The molecule has 1 heterocycles. The monoisotopic (exact) mass is 258 g/mol. The highest BCUT2D eigenvalue weighted by atomic mass is 16.5. The second-order valence-electron chi connectivity index (χ2n) is 4.01. The third-order valence-corrected chi connectivity index (χ3v) is 2.69. The minimum absolute atomic E-state index is 0.134. The minimum Gasteiger partial charge on any atom is -0.507 e. The smallest absolute Gasteiger partial charge is 0.260 e. The number of pyridine rings is 1. The number of carbonyl (C=O) groups excluding carboxylic acids is 1. The molecular formula is C14H14N2O3. The van der Waals surface area contributed by atoms with Gasteiger partial charge in [-0.15, -0.1) is 0 Å². The molecule has 0 atom stereocenters. The van der Waals surface area contributed by atoms with Gasteiger partial charge in [-0.25, -0.2) is 4.98 Å². The first kappa shape index (κ1) is 12.9. The number of amides is 1. The topological polar surface area (TPSA) is 71.5 Å². The molecule has 0 fully saturated rings. The van der Waals surface area contributed by atoms with Gasteiger partial charge in [0.2, 0.25) is 0 Å². The Morgan fingerprint density at radius 3 is 2.79 bits per heavy atom. The van der Waals surface area contributed by atoms with Gasteiger partial charge in [-0.2, -0.15) is 0 Å². The molecule has 0 radical (unpaired) electrons. The molecule has 1 aromatic heterocycles. The van der Waals surface area contributed by atoms with Crippen LogP contribution in [0.4, 0.5) is 5.82 Å². The van der Waals surface area contributed by atoms with Crippen LogP contribution in [0.2, 0.25) is 0 Å². The number of aromatic hydroxyl groups is 1. The van der Waals surface area contributed by atoms with Crippen molar-refractivity contribution in [2.45, 2.75) is 6.92 Å². The van der Waals surface area contributed by atoms with Crippen molar-refractivity contribution in [2.24, 2.45) is 0 Å². The van der Waals surface area contributed by atoms with Gasteiger partial charge in [0.1, 0.15) is 17.3 Å². The van der Waals surface area contributed by atoms with Gasteiger partial charge in [0, 0.05) is 12.3 Å². The standard InChI is InChI=1S/C14H14N2O3/c1-9-4-3-7-15-13(9)16-14(18)11-6-5-10(19-2)8-12(11)17/h3-8,17H,1-2H3,(H,15,16,18). The van der Waals surface area contributed by atoms with Crippen LogP contribution >= 0.6 is 0 Å². The molecule has 2 aromatic rings. The fraction of sp³-hybridized carbons (Fsp3) is 0.143. The lowest BCUT2D eigenvalue weighted by atomic mass is 10.1. The van der Waals surface area contributed by atoms with Gasteiger partial charge in [-0.1, -0.05) is 6.07 Å². The Balaban J connectivity index is 2.23. The average Bonchev–Trinajstić information content (AvgIpc) is 2.41. The quantitative estimate of drug-likeness (QED) is 0.886. The van der Waals surface area contributed by atoms with E-state index in [1.54, 1.807) is 18.3 Å². The van der Waals surface area contributed by atoms with Crippen LogP contribution in [0.25, 0.3) is 0 Å². The molecule has 0 aliphatic carbocycles. The lowest BCUT2D eigenvalue weighted by molar-refractivity contribution is 0.102. The molecular weight excluding hydrogens is 244 g/mol. The highest BCUT2D eigenvalue weighted by molar-refractivity contribution is 6.06. The molecule has 0 saturated heterocycles. The van der Waals surface area contributed by atoms with Crippen molar-refractivity contribution < 1.29 is 14.6 Å². The van der Waals surface area contributed by atoms with Crippen molar-refractivity contribution in [3.05, 3.63) is 47.7 Å². The SMILES string of the molecule is COc1ccc(C(=O)Nc2ncccc2C)c(O)c1. The molecule has 0 spiro atoms. The van der Waals surface area contributed by atoms with Crippen molar-refractivity contribution in [3.8, 4) is 11.5 Å². The molecule has 5 heteroatoms. The molecule has 1 aromatic carbocycles. The van der Waals surface area contributed by atoms with Crippen molar-refractivity contribution >= 4 is 11.7 Å². The van der Waals surface area contributed by atoms with E-state index in [-0.39, 0.29) is 11.3 Å². The summed E-state index contributed by atoms with van der Waals surface area (Å²) in [6.45, 7) is 1.84. The number of carbonyl (C=O) groups is 1. The van der Waals surface area contributed by atoms with E-state index in [1.165, 1.54) is 19.2 Å². The number of benzene rings is 1. The number of hydrogen-bond acceptors (Lipinski definition) is 4. The van der Waals surface area contributed by atoms with Gasteiger partial charge < -0.3 is 15.2 Å². The zero-order valence-corrected chi connectivity index (χ0v) is 10.7. The molecule has 0 aliphatic heterocycles. The van der Waals surface area contributed by atoms with E-state index in [9.17, 15) is 9.90 Å². The summed E-state index contributed by atoms with van der Waals surface area (Å²) in [4.78, 5) is 16.1. The van der Waals surface area contributed by atoms with E-state index >= 15 is 0 Å². The zero-order chi connectivity index (χ0) is 13.8. The van der Waals surface area contributed by atoms with Crippen LogP contribution in [-0.2, 0) is 0 Å². The normalized spacial score (nSPS) is 10.0. The fourth-order valence-corrected chi connectivity index (χ4v) is 1.62. The molecule has 2 N–H and O–H groups in total. The number of aryl methyl sites for hydroxylation is 1. The highest BCUT2D eigenvalue weighted by Gasteiger charge is 2.13. The summed E-state index contributed by atoms with van der Waals surface area (Å²) < 4.78 is 4.96. The van der Waals surface area contributed by atoms with Gasteiger partial charge in [-0.3, -0.25) is 4.79 Å². The predicted molar refractivity (Wildman–Crippen MR) is 71.6 cm³/mol. The van der Waals surface area contributed by atoms with E-state index in [4.69, 9.17) is 4.74 Å². The number of phenolic OH excluding ortho intramolecular Hbond substituents is 1. The number of ether oxygens (including phenoxy) is 1. The third-order valence-electron chi connectivity index (χ3n) is 2.69. The summed E-state index contributed by atoms with van der Waals surface area (Å²) in [5.74, 6) is 0.415. The number of methoxy groups -OCH3 is 1. The highest BCUT2D eigenvalue weighted by Crippen LogP contribution is 2.24. The summed E-state index contributed by atoms with van der Waals surface area (Å²) in [7, 11) is 1.49. The molecule has 0 saturated carbocycles. The number of anilines is 1. The van der Waals surface area contributed by atoms with Crippen LogP contribution in [0.1, 0.15) is 15.9 Å². The van der Waals surface area contributed by atoms with Gasteiger partial charge in [-0.05, 0) is 30.7 Å². The van der Waals surface area contributed by atoms with Crippen molar-refractivity contribution in [1.82, 2.24) is 4.98 Å². The third kappa shape index (κ3) is 2.82. The van der Waals surface area contributed by atoms with E-state index in [2.05, 4.69) is 10.3 Å². The molecule has 0 aliphatic rings. The maximum absolute atomic E-state index is 12.0. The molecule has 0 unspecified atom stereocenters. The van der Waals surface area contributed by atoms with Gasteiger partial charge in [0.25, 0.3) is 5.91 Å². The van der Waals surface area contributed by atoms with Crippen molar-refractivity contribution in [3.63, 3.8) is 0 Å². The minimum atomic E-state index is -0.415. The van der Waals surface area contributed by atoms with Crippen molar-refractivity contribution in [2.75, 3.05) is 12.4 Å². The van der Waals surface area contributed by atoms with E-state index in [0.717, 1.165) is 5.56 Å². The Morgan fingerprint density at radius 2 is 2.16 bits per heavy atom. The van der Waals surface area contributed by atoms with E-state index in [0.29, 0.717) is 11.6 Å². The summed E-state index contributed by atoms with van der Waals surface area (Å²) in [6.07, 6.45) is 1.59. The first-order valence-electron chi connectivity index (χ1n) is 5.72. The van der Waals surface area contributed by atoms with Crippen LogP contribution in [0.15, 0.2) is 36.5 Å². The Kier molecular flexibility index (Phi) is 3.66. The number of nitrogens with zero attached hydrogens (tertiary/aromatic N) is 1. The van der Waals surface area contributed by atoms with Crippen LogP contribution in [0.5, 0.6) is 11.5 Å². The summed E-state index contributed by atoms with van der Waals surface area (Å²) in [5, 5.41) is 12.4. The molecule has 98 valence electrons. The number of phenols is 1. The second kappa shape index (κ2) is 5.39. The molecule has 2 rings (SSSR count). The Bertz CT molecular complexity index is 611. The van der Waals surface area contributed by atoms with Gasteiger partial charge >= 0.3 is 0 Å². The largest absolute Gasteiger partial charge is 0.507 e. The molecule has 5 nitrogen and oxygen atoms in total. The Hall–Kier alpha value is -2.56. The lowest BCUT2D eigenvalue weighted by Crippen LogP contribution is -2.14. The summed E-state index contributed by atoms with van der Waals surface area (Å²) in [6, 6.07) is 8.13. The van der Waals surface area contributed by atoms with E-state index < -0.39 is 5.91 Å². The van der Waals surface area contributed by atoms with Crippen LogP contribution in [0, 0.1) is 6.92 Å². The average molecular weight is 258 g/mol. The Labute approximate surface area is 110 Å². The maximum Gasteiger partial charge on any atom is 0.260 e.